The van der Waals surface area contributed by atoms with E-state index in [1.807, 2.05) is 36.2 Å². The Bertz CT molecular complexity index is 1010. The molecule has 0 radical (unpaired) electrons. The maximum absolute atomic E-state index is 13.2. The fourth-order valence-corrected chi connectivity index (χ4v) is 3.24. The molecule has 1 amide bonds. The summed E-state index contributed by atoms with van der Waals surface area (Å²) >= 11 is 6.10. The monoisotopic (exact) mass is 368 g/mol. The van der Waals surface area contributed by atoms with E-state index in [2.05, 4.69) is 0 Å². The van der Waals surface area contributed by atoms with E-state index >= 15 is 0 Å². The van der Waals surface area contributed by atoms with Crippen LogP contribution in [0.4, 0.5) is 11.6 Å². The molecule has 2 heterocycles. The number of hydrogen-bond acceptors (Lipinski definition) is 5. The van der Waals surface area contributed by atoms with Crippen molar-refractivity contribution in [1.82, 2.24) is 9.97 Å². The lowest BCUT2D eigenvalue weighted by atomic mass is 10.1. The van der Waals surface area contributed by atoms with Gasteiger partial charge >= 0.3 is 0 Å². The lowest BCUT2D eigenvalue weighted by Crippen LogP contribution is -2.43. The van der Waals surface area contributed by atoms with E-state index in [-0.39, 0.29) is 5.91 Å². The minimum Gasteiger partial charge on any atom is -0.496 e. The van der Waals surface area contributed by atoms with Gasteiger partial charge in [-0.15, -0.1) is 0 Å². The molecule has 4 rings (SSSR count). The molecular weight excluding hydrogens is 352 g/mol. The minimum absolute atomic E-state index is 0.205. The quantitative estimate of drug-likeness (QED) is 0.694. The largest absolute Gasteiger partial charge is 0.496 e. The number of hydrogen-bond donors (Lipinski definition) is 0. The van der Waals surface area contributed by atoms with Crippen LogP contribution >= 0.6 is 11.6 Å². The highest BCUT2D eigenvalue weighted by molar-refractivity contribution is 6.31. The molecule has 0 N–H and O–H groups in total. The number of halogens is 1. The van der Waals surface area contributed by atoms with Gasteiger partial charge in [0.2, 0.25) is 0 Å². The number of carbonyl (C=O) groups excluding carboxylic acids is 1. The molecule has 0 bridgehead atoms. The first-order valence-electron chi connectivity index (χ1n) is 8.22. The first-order chi connectivity index (χ1) is 12.6. The third-order valence-electron chi connectivity index (χ3n) is 4.45. The zero-order valence-corrected chi connectivity index (χ0v) is 15.2. The summed E-state index contributed by atoms with van der Waals surface area (Å²) in [7, 11) is 3.48. The number of benzene rings is 2. The molecule has 0 fully saturated rings. The summed E-state index contributed by atoms with van der Waals surface area (Å²) in [5, 5.41) is 0.480. The van der Waals surface area contributed by atoms with E-state index < -0.39 is 0 Å². The lowest BCUT2D eigenvalue weighted by molar-refractivity contribution is 0.0983. The summed E-state index contributed by atoms with van der Waals surface area (Å²) in [6.45, 7) is 1.17. The summed E-state index contributed by atoms with van der Waals surface area (Å²) in [5.41, 5.74) is 1.95. The molecule has 1 aliphatic rings. The number of aromatic nitrogens is 2. The van der Waals surface area contributed by atoms with Gasteiger partial charge in [-0.05, 0) is 30.3 Å². The van der Waals surface area contributed by atoms with Gasteiger partial charge < -0.3 is 9.64 Å². The average Bonchev–Trinajstić information content (AvgIpc) is 2.66. The number of para-hydroxylation sites is 2. The summed E-state index contributed by atoms with van der Waals surface area (Å²) in [6.07, 6.45) is 0. The molecule has 1 aliphatic heterocycles. The number of fused-ring (bicyclic) bond motifs is 2. The van der Waals surface area contributed by atoms with Crippen molar-refractivity contribution in [2.75, 3.05) is 37.0 Å². The first-order valence-corrected chi connectivity index (χ1v) is 8.59. The van der Waals surface area contributed by atoms with Gasteiger partial charge in [-0.3, -0.25) is 9.69 Å². The Hall–Kier alpha value is -2.86. The Morgan fingerprint density at radius 2 is 1.77 bits per heavy atom. The number of rotatable bonds is 2. The van der Waals surface area contributed by atoms with Crippen LogP contribution in [0.2, 0.25) is 5.02 Å². The third kappa shape index (κ3) is 2.72. The number of carbonyl (C=O) groups is 1. The third-order valence-corrected chi connectivity index (χ3v) is 4.68. The Kier molecular flexibility index (Phi) is 4.12. The van der Waals surface area contributed by atoms with Gasteiger partial charge in [0, 0.05) is 25.2 Å². The van der Waals surface area contributed by atoms with Gasteiger partial charge in [0.05, 0.1) is 23.7 Å². The topological polar surface area (TPSA) is 58.6 Å². The van der Waals surface area contributed by atoms with Crippen molar-refractivity contribution in [1.29, 1.82) is 0 Å². The normalized spacial score (nSPS) is 13.7. The van der Waals surface area contributed by atoms with Crippen LogP contribution in [0.15, 0.2) is 42.5 Å². The second kappa shape index (κ2) is 6.46. The van der Waals surface area contributed by atoms with E-state index in [9.17, 15) is 4.79 Å². The van der Waals surface area contributed by atoms with Crippen molar-refractivity contribution in [3.63, 3.8) is 0 Å². The molecule has 0 unspecified atom stereocenters. The Morgan fingerprint density at radius 1 is 1.08 bits per heavy atom. The van der Waals surface area contributed by atoms with Gasteiger partial charge in [-0.2, -0.15) is 0 Å². The van der Waals surface area contributed by atoms with Crippen LogP contribution in [0.3, 0.4) is 0 Å². The SMILES string of the molecule is COc1ccc(Cl)cc1C(=O)N1CCN(C)c2nc3ccccc3nc21. The molecule has 1 aromatic heterocycles. The van der Waals surface area contributed by atoms with Crippen molar-refractivity contribution >= 4 is 40.2 Å². The van der Waals surface area contributed by atoms with Gasteiger partial charge in [0.15, 0.2) is 11.6 Å². The smallest absolute Gasteiger partial charge is 0.263 e. The van der Waals surface area contributed by atoms with Crippen LogP contribution < -0.4 is 14.5 Å². The first kappa shape index (κ1) is 16.6. The number of likely N-dealkylation sites (N-methyl/N-ethyl adjacent to an activating group) is 1. The van der Waals surface area contributed by atoms with Crippen LogP contribution in [0, 0.1) is 0 Å². The van der Waals surface area contributed by atoms with Gasteiger partial charge in [0.25, 0.3) is 5.91 Å². The molecule has 7 heteroatoms. The highest BCUT2D eigenvalue weighted by Crippen LogP contribution is 2.33. The Morgan fingerprint density at radius 3 is 2.46 bits per heavy atom. The van der Waals surface area contributed by atoms with E-state index in [1.54, 1.807) is 23.1 Å². The second-order valence-electron chi connectivity index (χ2n) is 6.08. The number of nitrogens with zero attached hydrogens (tertiary/aromatic N) is 4. The van der Waals surface area contributed by atoms with Crippen LogP contribution in [0.1, 0.15) is 10.4 Å². The molecule has 3 aromatic rings. The summed E-state index contributed by atoms with van der Waals surface area (Å²) < 4.78 is 5.34. The van der Waals surface area contributed by atoms with Gasteiger partial charge in [-0.25, -0.2) is 9.97 Å². The van der Waals surface area contributed by atoms with E-state index in [4.69, 9.17) is 26.3 Å². The summed E-state index contributed by atoms with van der Waals surface area (Å²) in [6, 6.07) is 12.6. The highest BCUT2D eigenvalue weighted by atomic mass is 35.5. The standard InChI is InChI=1S/C19H17ClN4O2/c1-23-9-10-24(19(25)13-11-12(20)7-8-16(13)26-2)18-17(23)21-14-5-3-4-6-15(14)22-18/h3-8,11H,9-10H2,1-2H3. The number of methoxy groups -OCH3 is 1. The van der Waals surface area contributed by atoms with Crippen LogP contribution in [-0.4, -0.2) is 43.1 Å². The molecule has 0 spiro atoms. The fraction of sp³-hybridized carbons (Fsp3) is 0.211. The fourth-order valence-electron chi connectivity index (χ4n) is 3.07. The molecule has 0 saturated carbocycles. The minimum atomic E-state index is -0.205. The summed E-state index contributed by atoms with van der Waals surface area (Å²) in [5.74, 6) is 1.51. The van der Waals surface area contributed by atoms with E-state index in [0.717, 1.165) is 11.0 Å². The highest BCUT2D eigenvalue weighted by Gasteiger charge is 2.30. The molecule has 0 aliphatic carbocycles. The molecular formula is C19H17ClN4O2. The van der Waals surface area contributed by atoms with Crippen molar-refractivity contribution in [3.05, 3.63) is 53.1 Å². The van der Waals surface area contributed by atoms with Crippen molar-refractivity contribution in [2.24, 2.45) is 0 Å². The molecule has 0 atom stereocenters. The Balaban J connectivity index is 1.84. The maximum Gasteiger partial charge on any atom is 0.263 e. The van der Waals surface area contributed by atoms with Crippen LogP contribution in [0.5, 0.6) is 5.75 Å². The predicted octanol–water partition coefficient (Wildman–Crippen LogP) is 3.39. The number of anilines is 2. The van der Waals surface area contributed by atoms with Crippen LogP contribution in [-0.2, 0) is 0 Å². The predicted molar refractivity (Wildman–Crippen MR) is 102 cm³/mol. The van der Waals surface area contributed by atoms with Crippen molar-refractivity contribution < 1.29 is 9.53 Å². The maximum atomic E-state index is 13.2. The molecule has 2 aromatic carbocycles. The zero-order chi connectivity index (χ0) is 18.3. The van der Waals surface area contributed by atoms with E-state index in [0.29, 0.717) is 41.1 Å². The molecule has 132 valence electrons. The number of ether oxygens (including phenoxy) is 1. The van der Waals surface area contributed by atoms with Crippen LogP contribution in [0.25, 0.3) is 11.0 Å². The van der Waals surface area contributed by atoms with Gasteiger partial charge in [-0.1, -0.05) is 23.7 Å². The average molecular weight is 369 g/mol. The molecule has 0 saturated heterocycles. The van der Waals surface area contributed by atoms with Gasteiger partial charge in [0.1, 0.15) is 5.75 Å². The summed E-state index contributed by atoms with van der Waals surface area (Å²) in [4.78, 5) is 26.3. The van der Waals surface area contributed by atoms with E-state index in [1.165, 1.54) is 7.11 Å². The zero-order valence-electron chi connectivity index (χ0n) is 14.4. The molecule has 26 heavy (non-hydrogen) atoms. The van der Waals surface area contributed by atoms with Crippen molar-refractivity contribution in [3.8, 4) is 5.75 Å². The lowest BCUT2D eigenvalue weighted by Gasteiger charge is -2.34. The van der Waals surface area contributed by atoms with Crippen molar-refractivity contribution in [2.45, 2.75) is 0 Å². The molecule has 6 nitrogen and oxygen atoms in total. The number of amides is 1. The Labute approximate surface area is 156 Å². The second-order valence-corrected chi connectivity index (χ2v) is 6.52.